The molecule has 0 radical (unpaired) electrons. The van der Waals surface area contributed by atoms with Crippen LogP contribution in [0.5, 0.6) is 5.75 Å². The van der Waals surface area contributed by atoms with E-state index in [9.17, 15) is 5.11 Å². The number of likely N-dealkylation sites (N-methyl/N-ethyl adjacent to an activating group) is 1. The van der Waals surface area contributed by atoms with Crippen LogP contribution < -0.4 is 10.1 Å². The molecule has 1 atom stereocenters. The van der Waals surface area contributed by atoms with Gasteiger partial charge in [0, 0.05) is 12.1 Å². The van der Waals surface area contributed by atoms with E-state index in [1.807, 2.05) is 19.2 Å². The Kier molecular flexibility index (Phi) is 4.54. The second-order valence-corrected chi connectivity index (χ2v) is 5.28. The van der Waals surface area contributed by atoms with Crippen LogP contribution in [0.15, 0.2) is 18.2 Å². The van der Waals surface area contributed by atoms with Crippen LogP contribution in [0.25, 0.3) is 0 Å². The first kappa shape index (κ1) is 14.0. The van der Waals surface area contributed by atoms with Crippen LogP contribution in [0.4, 0.5) is 0 Å². The lowest BCUT2D eigenvalue weighted by molar-refractivity contribution is 0.173. The molecule has 0 aliphatic heterocycles. The molecule has 1 rings (SSSR count). The van der Waals surface area contributed by atoms with E-state index >= 15 is 0 Å². The zero-order chi connectivity index (χ0) is 13.1. The molecule has 1 aromatic rings. The molecule has 0 aliphatic carbocycles. The maximum absolute atomic E-state index is 10.1. The van der Waals surface area contributed by atoms with E-state index in [0.29, 0.717) is 6.54 Å². The highest BCUT2D eigenvalue weighted by atomic mass is 16.5. The maximum Gasteiger partial charge on any atom is 0.124 e. The Morgan fingerprint density at radius 3 is 2.47 bits per heavy atom. The lowest BCUT2D eigenvalue weighted by atomic mass is 9.85. The molecule has 3 nitrogen and oxygen atoms in total. The van der Waals surface area contributed by atoms with Gasteiger partial charge >= 0.3 is 0 Å². The number of ether oxygens (including phenoxy) is 1. The molecule has 0 aliphatic rings. The summed E-state index contributed by atoms with van der Waals surface area (Å²) in [5.74, 6) is 0.737. The minimum atomic E-state index is -0.544. The van der Waals surface area contributed by atoms with E-state index in [4.69, 9.17) is 4.74 Å². The molecule has 1 aromatic carbocycles. The molecule has 0 saturated heterocycles. The molecule has 0 bridgehead atoms. The number of nitrogens with one attached hydrogen (secondary N) is 1. The number of rotatable bonds is 4. The van der Waals surface area contributed by atoms with Crippen molar-refractivity contribution in [2.24, 2.45) is 0 Å². The Bertz CT molecular complexity index is 369. The molecule has 0 saturated carbocycles. The number of hydrogen-bond donors (Lipinski definition) is 2. The van der Waals surface area contributed by atoms with E-state index in [2.05, 4.69) is 32.2 Å². The second-order valence-electron chi connectivity index (χ2n) is 5.28. The molecule has 2 N–H and O–H groups in total. The molecule has 96 valence electrons. The Morgan fingerprint density at radius 2 is 2.00 bits per heavy atom. The van der Waals surface area contributed by atoms with Gasteiger partial charge in [0.1, 0.15) is 5.75 Å². The standard InChI is InChI=1S/C14H23NO2/c1-14(2,3)10-6-7-13(17-5)11(8-10)12(16)9-15-4/h6-8,12,15-16H,9H2,1-5H3. The molecule has 0 spiro atoms. The third-order valence-electron chi connectivity index (χ3n) is 2.85. The summed E-state index contributed by atoms with van der Waals surface area (Å²) in [7, 11) is 3.45. The van der Waals surface area contributed by atoms with Crippen molar-refractivity contribution in [3.05, 3.63) is 29.3 Å². The Balaban J connectivity index is 3.15. The van der Waals surface area contributed by atoms with Crippen LogP contribution in [0.2, 0.25) is 0 Å². The van der Waals surface area contributed by atoms with Gasteiger partial charge < -0.3 is 15.2 Å². The van der Waals surface area contributed by atoms with Gasteiger partial charge in [-0.1, -0.05) is 26.8 Å². The summed E-state index contributed by atoms with van der Waals surface area (Å²) in [5, 5.41) is 13.1. The SMILES string of the molecule is CNCC(O)c1cc(C(C)(C)C)ccc1OC. The monoisotopic (exact) mass is 237 g/mol. The fraction of sp³-hybridized carbons (Fsp3) is 0.571. The number of hydrogen-bond acceptors (Lipinski definition) is 3. The summed E-state index contributed by atoms with van der Waals surface area (Å²) < 4.78 is 5.29. The highest BCUT2D eigenvalue weighted by molar-refractivity contribution is 5.41. The van der Waals surface area contributed by atoms with Gasteiger partial charge in [-0.25, -0.2) is 0 Å². The number of methoxy groups -OCH3 is 1. The van der Waals surface area contributed by atoms with Gasteiger partial charge in [-0.05, 0) is 30.2 Å². The van der Waals surface area contributed by atoms with Crippen LogP contribution in [0.3, 0.4) is 0 Å². The average Bonchev–Trinajstić information content (AvgIpc) is 2.27. The Labute approximate surface area is 104 Å². The van der Waals surface area contributed by atoms with Gasteiger partial charge in [0.15, 0.2) is 0 Å². The minimum absolute atomic E-state index is 0.0698. The summed E-state index contributed by atoms with van der Waals surface area (Å²) in [5.41, 5.74) is 2.11. The first-order chi connectivity index (χ1) is 7.90. The van der Waals surface area contributed by atoms with Crippen LogP contribution >= 0.6 is 0 Å². The van der Waals surface area contributed by atoms with Crippen molar-refractivity contribution in [1.82, 2.24) is 5.32 Å². The van der Waals surface area contributed by atoms with E-state index in [1.54, 1.807) is 7.11 Å². The smallest absolute Gasteiger partial charge is 0.124 e. The summed E-state index contributed by atoms with van der Waals surface area (Å²) in [6.45, 7) is 6.99. The van der Waals surface area contributed by atoms with Crippen molar-refractivity contribution < 1.29 is 9.84 Å². The largest absolute Gasteiger partial charge is 0.496 e. The van der Waals surface area contributed by atoms with E-state index in [0.717, 1.165) is 11.3 Å². The molecular weight excluding hydrogens is 214 g/mol. The van der Waals surface area contributed by atoms with Gasteiger partial charge in [0.05, 0.1) is 13.2 Å². The Hall–Kier alpha value is -1.06. The van der Waals surface area contributed by atoms with Crippen molar-refractivity contribution in [1.29, 1.82) is 0 Å². The average molecular weight is 237 g/mol. The predicted octanol–water partition coefficient (Wildman–Crippen LogP) is 2.25. The molecule has 3 heteroatoms. The number of benzene rings is 1. The third kappa shape index (κ3) is 3.45. The highest BCUT2D eigenvalue weighted by Gasteiger charge is 2.19. The van der Waals surface area contributed by atoms with Crippen LogP contribution in [-0.4, -0.2) is 25.8 Å². The van der Waals surface area contributed by atoms with Crippen molar-refractivity contribution in [2.75, 3.05) is 20.7 Å². The normalized spacial score (nSPS) is 13.5. The topological polar surface area (TPSA) is 41.5 Å². The lowest BCUT2D eigenvalue weighted by Crippen LogP contribution is -2.18. The molecular formula is C14H23NO2. The quantitative estimate of drug-likeness (QED) is 0.844. The first-order valence-electron chi connectivity index (χ1n) is 5.91. The van der Waals surface area contributed by atoms with Crippen molar-refractivity contribution >= 4 is 0 Å². The zero-order valence-electron chi connectivity index (χ0n) is 11.4. The van der Waals surface area contributed by atoms with E-state index in [1.165, 1.54) is 5.56 Å². The van der Waals surface area contributed by atoms with Crippen molar-refractivity contribution in [2.45, 2.75) is 32.3 Å². The van der Waals surface area contributed by atoms with Gasteiger partial charge in [-0.2, -0.15) is 0 Å². The van der Waals surface area contributed by atoms with Crippen LogP contribution in [0, 0.1) is 0 Å². The van der Waals surface area contributed by atoms with Gasteiger partial charge in [-0.3, -0.25) is 0 Å². The zero-order valence-corrected chi connectivity index (χ0v) is 11.4. The predicted molar refractivity (Wildman–Crippen MR) is 70.6 cm³/mol. The fourth-order valence-corrected chi connectivity index (χ4v) is 1.76. The minimum Gasteiger partial charge on any atom is -0.496 e. The van der Waals surface area contributed by atoms with Gasteiger partial charge in [-0.15, -0.1) is 0 Å². The van der Waals surface area contributed by atoms with Crippen molar-refractivity contribution in [3.63, 3.8) is 0 Å². The van der Waals surface area contributed by atoms with Crippen LogP contribution in [0.1, 0.15) is 38.0 Å². The molecule has 0 fully saturated rings. The molecule has 17 heavy (non-hydrogen) atoms. The fourth-order valence-electron chi connectivity index (χ4n) is 1.76. The van der Waals surface area contributed by atoms with Crippen molar-refractivity contribution in [3.8, 4) is 5.75 Å². The molecule has 0 heterocycles. The Morgan fingerprint density at radius 1 is 1.35 bits per heavy atom. The lowest BCUT2D eigenvalue weighted by Gasteiger charge is -2.22. The highest BCUT2D eigenvalue weighted by Crippen LogP contribution is 2.31. The van der Waals surface area contributed by atoms with Gasteiger partial charge in [0.25, 0.3) is 0 Å². The third-order valence-corrected chi connectivity index (χ3v) is 2.85. The van der Waals surface area contributed by atoms with E-state index < -0.39 is 6.10 Å². The summed E-state index contributed by atoms with van der Waals surface area (Å²) >= 11 is 0. The van der Waals surface area contributed by atoms with Crippen LogP contribution in [-0.2, 0) is 5.41 Å². The summed E-state index contributed by atoms with van der Waals surface area (Å²) in [6.07, 6.45) is -0.544. The molecule has 0 amide bonds. The maximum atomic E-state index is 10.1. The summed E-state index contributed by atoms with van der Waals surface area (Å²) in [4.78, 5) is 0. The molecule has 0 aromatic heterocycles. The number of aliphatic hydroxyl groups excluding tert-OH is 1. The summed E-state index contributed by atoms with van der Waals surface area (Å²) in [6, 6.07) is 6.00. The second kappa shape index (κ2) is 5.52. The first-order valence-corrected chi connectivity index (χ1v) is 5.91. The van der Waals surface area contributed by atoms with Gasteiger partial charge in [0.2, 0.25) is 0 Å². The molecule has 1 unspecified atom stereocenters. The van der Waals surface area contributed by atoms with E-state index in [-0.39, 0.29) is 5.41 Å². The number of aliphatic hydroxyl groups is 1.